The fourth-order valence-corrected chi connectivity index (χ4v) is 3.11. The van der Waals surface area contributed by atoms with Gasteiger partial charge in [0.1, 0.15) is 10.0 Å². The van der Waals surface area contributed by atoms with Crippen molar-refractivity contribution >= 4 is 45.8 Å². The van der Waals surface area contributed by atoms with E-state index in [1.54, 1.807) is 0 Å². The molecular formula is C16H15Cl2FN2O2S. The Morgan fingerprint density at radius 3 is 2.71 bits per heavy atom. The molecule has 2 N–H and O–H groups in total. The molecule has 0 unspecified atom stereocenters. The summed E-state index contributed by atoms with van der Waals surface area (Å²) in [6.45, 7) is 3.51. The average molecular weight is 389 g/mol. The molecule has 2 aromatic rings. The summed E-state index contributed by atoms with van der Waals surface area (Å²) in [5.41, 5.74) is 7.56. The Bertz CT molecular complexity index is 774. The summed E-state index contributed by atoms with van der Waals surface area (Å²) in [5.74, 6) is -0.744. The monoisotopic (exact) mass is 388 g/mol. The third kappa shape index (κ3) is 4.32. The Labute approximate surface area is 153 Å². The number of aryl methyl sites for hydroxylation is 1. The maximum atomic E-state index is 13.5. The first-order valence-corrected chi connectivity index (χ1v) is 8.73. The Kier molecular flexibility index (Phi) is 6.32. The number of aromatic nitrogens is 1. The van der Waals surface area contributed by atoms with Gasteiger partial charge in [-0.05, 0) is 25.0 Å². The highest BCUT2D eigenvalue weighted by Gasteiger charge is 2.22. The SMILES string of the molecule is Cc1ccccc1CSC(=O)[C@@H](C)Oc1nc(F)c(Cl)c(N)c1Cl. The van der Waals surface area contributed by atoms with Gasteiger partial charge in [-0.25, -0.2) is 0 Å². The second kappa shape index (κ2) is 8.05. The number of nitrogens with two attached hydrogens (primary N) is 1. The highest BCUT2D eigenvalue weighted by molar-refractivity contribution is 8.13. The molecule has 2 rings (SSSR count). The van der Waals surface area contributed by atoms with Gasteiger partial charge in [-0.15, -0.1) is 0 Å². The zero-order valence-corrected chi connectivity index (χ0v) is 15.3. The largest absolute Gasteiger partial charge is 0.464 e. The number of rotatable bonds is 5. The van der Waals surface area contributed by atoms with Crippen molar-refractivity contribution in [2.24, 2.45) is 0 Å². The number of carbonyl (C=O) groups excluding carboxylic acids is 1. The van der Waals surface area contributed by atoms with E-state index in [0.717, 1.165) is 22.9 Å². The van der Waals surface area contributed by atoms with Gasteiger partial charge in [0, 0.05) is 5.75 Å². The van der Waals surface area contributed by atoms with E-state index < -0.39 is 12.1 Å². The molecule has 8 heteroatoms. The van der Waals surface area contributed by atoms with Crippen LogP contribution < -0.4 is 10.5 Å². The molecule has 1 aromatic heterocycles. The minimum absolute atomic E-state index is 0.120. The molecule has 0 spiro atoms. The van der Waals surface area contributed by atoms with E-state index in [0.29, 0.717) is 5.75 Å². The van der Waals surface area contributed by atoms with Crippen LogP contribution in [0.4, 0.5) is 10.1 Å². The van der Waals surface area contributed by atoms with Gasteiger partial charge in [0.2, 0.25) is 16.9 Å². The standard InChI is InChI=1S/C16H15Cl2FN2O2S/c1-8-5-3-4-6-10(8)7-24-16(22)9(2)23-15-12(18)13(20)11(17)14(19)21-15/h3-6,9H,7H2,1-2H3,(H2,20,21)/t9-/m1/s1. The zero-order valence-electron chi connectivity index (χ0n) is 13.0. The van der Waals surface area contributed by atoms with Crippen LogP contribution in [0.3, 0.4) is 0 Å². The molecule has 0 aliphatic rings. The number of halogens is 3. The number of carbonyl (C=O) groups is 1. The molecule has 1 heterocycles. The second-order valence-electron chi connectivity index (χ2n) is 5.04. The third-order valence-corrected chi connectivity index (χ3v) is 5.09. The molecule has 0 saturated carbocycles. The van der Waals surface area contributed by atoms with Gasteiger partial charge in [0.25, 0.3) is 0 Å². The summed E-state index contributed by atoms with van der Waals surface area (Å²) in [5, 5.41) is -0.727. The average Bonchev–Trinajstić information content (AvgIpc) is 2.56. The molecular weight excluding hydrogens is 374 g/mol. The smallest absolute Gasteiger partial charge is 0.238 e. The summed E-state index contributed by atoms with van der Waals surface area (Å²) in [6, 6.07) is 7.78. The number of ether oxygens (including phenoxy) is 1. The second-order valence-corrected chi connectivity index (χ2v) is 6.78. The Morgan fingerprint density at radius 2 is 2.04 bits per heavy atom. The molecule has 128 valence electrons. The van der Waals surface area contributed by atoms with Crippen LogP contribution >= 0.6 is 35.0 Å². The fourth-order valence-electron chi connectivity index (χ4n) is 1.84. The number of benzene rings is 1. The van der Waals surface area contributed by atoms with Crippen LogP contribution in [0.5, 0.6) is 5.88 Å². The van der Waals surface area contributed by atoms with E-state index in [2.05, 4.69) is 4.98 Å². The molecule has 0 aliphatic heterocycles. The molecule has 1 aromatic carbocycles. The first-order valence-electron chi connectivity index (χ1n) is 6.99. The number of nitrogens with zero attached hydrogens (tertiary/aromatic N) is 1. The van der Waals surface area contributed by atoms with E-state index in [1.165, 1.54) is 6.92 Å². The Balaban J connectivity index is 2.03. The Morgan fingerprint density at radius 1 is 1.38 bits per heavy atom. The van der Waals surface area contributed by atoms with Crippen molar-refractivity contribution in [3.63, 3.8) is 0 Å². The van der Waals surface area contributed by atoms with Gasteiger partial charge in [0.05, 0.1) is 5.69 Å². The van der Waals surface area contributed by atoms with E-state index in [4.69, 9.17) is 33.7 Å². The minimum atomic E-state index is -0.999. The van der Waals surface area contributed by atoms with Crippen LogP contribution in [0.2, 0.25) is 10.0 Å². The van der Waals surface area contributed by atoms with Gasteiger partial charge in [-0.2, -0.15) is 9.37 Å². The zero-order chi connectivity index (χ0) is 17.9. The van der Waals surface area contributed by atoms with Gasteiger partial charge in [-0.3, -0.25) is 4.79 Å². The number of thioether (sulfide) groups is 1. The van der Waals surface area contributed by atoms with Crippen molar-refractivity contribution < 1.29 is 13.9 Å². The lowest BCUT2D eigenvalue weighted by atomic mass is 10.1. The normalized spacial score (nSPS) is 12.0. The molecule has 24 heavy (non-hydrogen) atoms. The highest BCUT2D eigenvalue weighted by Crippen LogP contribution is 2.36. The van der Waals surface area contributed by atoms with Crippen LogP contribution in [0, 0.1) is 12.9 Å². The van der Waals surface area contributed by atoms with E-state index in [-0.39, 0.29) is 26.7 Å². The Hall–Kier alpha value is -1.50. The molecule has 0 bridgehead atoms. The van der Waals surface area contributed by atoms with Gasteiger partial charge in [-0.1, -0.05) is 59.2 Å². The first-order chi connectivity index (χ1) is 11.3. The lowest BCUT2D eigenvalue weighted by molar-refractivity contribution is -0.116. The van der Waals surface area contributed by atoms with Crippen molar-refractivity contribution in [1.82, 2.24) is 4.98 Å². The molecule has 0 aliphatic carbocycles. The topological polar surface area (TPSA) is 65.2 Å². The highest BCUT2D eigenvalue weighted by atomic mass is 35.5. The number of hydrogen-bond donors (Lipinski definition) is 1. The summed E-state index contributed by atoms with van der Waals surface area (Å²) >= 11 is 12.6. The van der Waals surface area contributed by atoms with Crippen molar-refractivity contribution in [1.29, 1.82) is 0 Å². The molecule has 4 nitrogen and oxygen atoms in total. The summed E-state index contributed by atoms with van der Waals surface area (Å²) < 4.78 is 18.9. The predicted octanol–water partition coefficient (Wildman–Crippen LogP) is 4.65. The fraction of sp³-hybridized carbons (Fsp3) is 0.250. The number of hydrogen-bond acceptors (Lipinski definition) is 5. The maximum absolute atomic E-state index is 13.5. The number of nitrogen functional groups attached to an aromatic ring is 1. The van der Waals surface area contributed by atoms with E-state index in [1.807, 2.05) is 31.2 Å². The van der Waals surface area contributed by atoms with Gasteiger partial charge in [0.15, 0.2) is 6.10 Å². The van der Waals surface area contributed by atoms with E-state index >= 15 is 0 Å². The maximum Gasteiger partial charge on any atom is 0.238 e. The summed E-state index contributed by atoms with van der Waals surface area (Å²) in [6.07, 6.45) is -0.871. The third-order valence-electron chi connectivity index (χ3n) is 3.29. The lowest BCUT2D eigenvalue weighted by Crippen LogP contribution is -2.22. The van der Waals surface area contributed by atoms with Gasteiger partial charge >= 0.3 is 0 Å². The molecule has 0 fully saturated rings. The van der Waals surface area contributed by atoms with Gasteiger partial charge < -0.3 is 10.5 Å². The molecule has 0 radical (unpaired) electrons. The van der Waals surface area contributed by atoms with Crippen molar-refractivity contribution in [2.45, 2.75) is 25.7 Å². The first kappa shape index (κ1) is 18.8. The van der Waals surface area contributed by atoms with Crippen molar-refractivity contribution in [3.8, 4) is 5.88 Å². The lowest BCUT2D eigenvalue weighted by Gasteiger charge is -2.15. The summed E-state index contributed by atoms with van der Waals surface area (Å²) in [7, 11) is 0. The predicted molar refractivity (Wildman–Crippen MR) is 96.2 cm³/mol. The number of pyridine rings is 1. The summed E-state index contributed by atoms with van der Waals surface area (Å²) in [4.78, 5) is 15.7. The number of anilines is 1. The van der Waals surface area contributed by atoms with E-state index in [9.17, 15) is 9.18 Å². The van der Waals surface area contributed by atoms with Crippen molar-refractivity contribution in [3.05, 3.63) is 51.4 Å². The van der Waals surface area contributed by atoms with Crippen LogP contribution in [0.15, 0.2) is 24.3 Å². The van der Waals surface area contributed by atoms with Crippen molar-refractivity contribution in [2.75, 3.05) is 5.73 Å². The van der Waals surface area contributed by atoms with Crippen LogP contribution in [0.25, 0.3) is 0 Å². The molecule has 1 atom stereocenters. The molecule has 0 saturated heterocycles. The van der Waals surface area contributed by atoms with Crippen LogP contribution in [-0.2, 0) is 10.5 Å². The minimum Gasteiger partial charge on any atom is -0.464 e. The molecule has 0 amide bonds. The quantitative estimate of drug-likeness (QED) is 0.755. The van der Waals surface area contributed by atoms with Crippen LogP contribution in [0.1, 0.15) is 18.1 Å². The van der Waals surface area contributed by atoms with Crippen LogP contribution in [-0.4, -0.2) is 16.2 Å².